The predicted octanol–water partition coefficient (Wildman–Crippen LogP) is 4.16. The van der Waals surface area contributed by atoms with Crippen LogP contribution in [-0.2, 0) is 13.0 Å². The highest BCUT2D eigenvalue weighted by atomic mass is 16.5. The molecule has 0 amide bonds. The fourth-order valence-electron chi connectivity index (χ4n) is 2.62. The summed E-state index contributed by atoms with van der Waals surface area (Å²) in [5, 5.41) is 7.52. The first-order chi connectivity index (χ1) is 11.7. The van der Waals surface area contributed by atoms with Gasteiger partial charge in [0.15, 0.2) is 5.82 Å². The summed E-state index contributed by atoms with van der Waals surface area (Å²) in [7, 11) is 0. The summed E-state index contributed by atoms with van der Waals surface area (Å²) in [5.74, 6) is 1.27. The predicted molar refractivity (Wildman–Crippen MR) is 95.5 cm³/mol. The van der Waals surface area contributed by atoms with Crippen molar-refractivity contribution in [1.29, 1.82) is 0 Å². The Bertz CT molecular complexity index is 767. The maximum atomic E-state index is 5.37. The van der Waals surface area contributed by atoms with E-state index in [-0.39, 0.29) is 0 Å². The van der Waals surface area contributed by atoms with E-state index in [0.29, 0.717) is 24.3 Å². The Balaban J connectivity index is 1.50. The topological polar surface area (TPSA) is 51.0 Å². The van der Waals surface area contributed by atoms with Crippen LogP contribution >= 0.6 is 0 Å². The number of nitrogens with zero attached hydrogens (tertiary/aromatic N) is 2. The molecule has 2 aromatic carbocycles. The zero-order valence-corrected chi connectivity index (χ0v) is 14.2. The molecule has 0 unspecified atom stereocenters. The van der Waals surface area contributed by atoms with Crippen LogP contribution in [0.25, 0.3) is 11.5 Å². The van der Waals surface area contributed by atoms with E-state index in [2.05, 4.69) is 59.6 Å². The molecule has 0 aliphatic rings. The first kappa shape index (κ1) is 16.4. The minimum atomic E-state index is 0.395. The maximum absolute atomic E-state index is 5.37. The van der Waals surface area contributed by atoms with Crippen LogP contribution in [0.5, 0.6) is 0 Å². The number of aromatic nitrogens is 2. The largest absolute Gasteiger partial charge is 0.334 e. The first-order valence-corrected chi connectivity index (χ1v) is 8.37. The van der Waals surface area contributed by atoms with Crippen LogP contribution in [0, 0.1) is 6.92 Å². The Hall–Kier alpha value is -2.46. The van der Waals surface area contributed by atoms with Gasteiger partial charge in [0, 0.05) is 11.6 Å². The minimum Gasteiger partial charge on any atom is -0.334 e. The Kier molecular flexibility index (Phi) is 5.39. The van der Waals surface area contributed by atoms with E-state index in [0.717, 1.165) is 18.4 Å². The van der Waals surface area contributed by atoms with Gasteiger partial charge in [-0.25, -0.2) is 0 Å². The molecule has 4 heteroatoms. The van der Waals surface area contributed by atoms with Crippen molar-refractivity contribution in [3.05, 3.63) is 71.5 Å². The zero-order valence-electron chi connectivity index (χ0n) is 14.2. The molecule has 1 aromatic heterocycles. The minimum absolute atomic E-state index is 0.395. The van der Waals surface area contributed by atoms with Gasteiger partial charge in [-0.15, -0.1) is 0 Å². The van der Waals surface area contributed by atoms with Gasteiger partial charge in [0.25, 0.3) is 5.89 Å². The molecule has 1 atom stereocenters. The molecule has 1 N–H and O–H groups in total. The van der Waals surface area contributed by atoms with Gasteiger partial charge in [0.05, 0.1) is 6.54 Å². The number of benzene rings is 2. The van der Waals surface area contributed by atoms with Crippen LogP contribution in [0.4, 0.5) is 0 Å². The van der Waals surface area contributed by atoms with Crippen molar-refractivity contribution in [3.63, 3.8) is 0 Å². The SMILES string of the molecule is Cc1cccc(-c2nc(CN[C@H](C)CCc3ccccc3)no2)c1. The normalized spacial score (nSPS) is 12.2. The average Bonchev–Trinajstić information content (AvgIpc) is 3.08. The third-order valence-electron chi connectivity index (χ3n) is 4.05. The summed E-state index contributed by atoms with van der Waals surface area (Å²) in [6, 6.07) is 19.0. The summed E-state index contributed by atoms with van der Waals surface area (Å²) in [5.41, 5.74) is 3.51. The number of aryl methyl sites for hydroxylation is 2. The lowest BCUT2D eigenvalue weighted by atomic mass is 10.1. The third kappa shape index (κ3) is 4.52. The molecule has 0 saturated heterocycles. The number of nitrogens with one attached hydrogen (secondary N) is 1. The molecular formula is C20H23N3O. The standard InChI is InChI=1S/C20H23N3O/c1-15-7-6-10-18(13-15)20-22-19(23-24-20)14-21-16(2)11-12-17-8-4-3-5-9-17/h3-10,13,16,21H,11-12,14H2,1-2H3/t16-/m1/s1. The highest BCUT2D eigenvalue weighted by Gasteiger charge is 2.10. The van der Waals surface area contributed by atoms with E-state index in [4.69, 9.17) is 4.52 Å². The molecule has 3 aromatic rings. The van der Waals surface area contributed by atoms with Crippen LogP contribution < -0.4 is 5.32 Å². The molecule has 124 valence electrons. The fourth-order valence-corrected chi connectivity index (χ4v) is 2.62. The van der Waals surface area contributed by atoms with Gasteiger partial charge in [-0.3, -0.25) is 0 Å². The molecule has 0 bridgehead atoms. The molecule has 0 aliphatic carbocycles. The van der Waals surface area contributed by atoms with Crippen molar-refractivity contribution in [2.75, 3.05) is 0 Å². The van der Waals surface area contributed by atoms with Crippen LogP contribution in [-0.4, -0.2) is 16.2 Å². The zero-order chi connectivity index (χ0) is 16.8. The van der Waals surface area contributed by atoms with Gasteiger partial charge in [-0.05, 0) is 44.4 Å². The second-order valence-corrected chi connectivity index (χ2v) is 6.19. The first-order valence-electron chi connectivity index (χ1n) is 8.37. The van der Waals surface area contributed by atoms with Gasteiger partial charge >= 0.3 is 0 Å². The average molecular weight is 321 g/mol. The Morgan fingerprint density at radius 2 is 1.92 bits per heavy atom. The number of hydrogen-bond acceptors (Lipinski definition) is 4. The van der Waals surface area contributed by atoms with E-state index in [1.54, 1.807) is 0 Å². The van der Waals surface area contributed by atoms with Crippen molar-refractivity contribution in [2.24, 2.45) is 0 Å². The smallest absolute Gasteiger partial charge is 0.257 e. The summed E-state index contributed by atoms with van der Waals surface area (Å²) < 4.78 is 5.37. The van der Waals surface area contributed by atoms with Crippen molar-refractivity contribution in [2.45, 2.75) is 39.3 Å². The van der Waals surface area contributed by atoms with Crippen LogP contribution in [0.1, 0.15) is 30.3 Å². The van der Waals surface area contributed by atoms with Crippen LogP contribution in [0.2, 0.25) is 0 Å². The van der Waals surface area contributed by atoms with Gasteiger partial charge in [-0.1, -0.05) is 53.2 Å². The molecular weight excluding hydrogens is 298 g/mol. The van der Waals surface area contributed by atoms with Gasteiger partial charge in [0.1, 0.15) is 0 Å². The summed E-state index contributed by atoms with van der Waals surface area (Å²) in [4.78, 5) is 4.47. The molecule has 0 saturated carbocycles. The Morgan fingerprint density at radius 1 is 1.08 bits per heavy atom. The molecule has 3 rings (SSSR count). The van der Waals surface area contributed by atoms with E-state index >= 15 is 0 Å². The Labute approximate surface area is 142 Å². The Morgan fingerprint density at radius 3 is 2.71 bits per heavy atom. The van der Waals surface area contributed by atoms with E-state index in [9.17, 15) is 0 Å². The quantitative estimate of drug-likeness (QED) is 0.710. The summed E-state index contributed by atoms with van der Waals surface area (Å²) >= 11 is 0. The third-order valence-corrected chi connectivity index (χ3v) is 4.05. The summed E-state index contributed by atoms with van der Waals surface area (Å²) in [6.07, 6.45) is 2.14. The molecule has 0 spiro atoms. The van der Waals surface area contributed by atoms with Crippen molar-refractivity contribution in [1.82, 2.24) is 15.5 Å². The van der Waals surface area contributed by atoms with Crippen LogP contribution in [0.3, 0.4) is 0 Å². The fraction of sp³-hybridized carbons (Fsp3) is 0.300. The lowest BCUT2D eigenvalue weighted by Gasteiger charge is -2.12. The van der Waals surface area contributed by atoms with Crippen LogP contribution in [0.15, 0.2) is 59.1 Å². The lowest BCUT2D eigenvalue weighted by Crippen LogP contribution is -2.26. The summed E-state index contributed by atoms with van der Waals surface area (Å²) in [6.45, 7) is 4.85. The molecule has 0 aliphatic heterocycles. The molecule has 4 nitrogen and oxygen atoms in total. The van der Waals surface area contributed by atoms with Gasteiger partial charge in [-0.2, -0.15) is 4.98 Å². The van der Waals surface area contributed by atoms with Gasteiger partial charge < -0.3 is 9.84 Å². The molecule has 24 heavy (non-hydrogen) atoms. The van der Waals surface area contributed by atoms with Crippen molar-refractivity contribution >= 4 is 0 Å². The number of hydrogen-bond donors (Lipinski definition) is 1. The maximum Gasteiger partial charge on any atom is 0.257 e. The number of rotatable bonds is 7. The van der Waals surface area contributed by atoms with Gasteiger partial charge in [0.2, 0.25) is 0 Å². The molecule has 0 fully saturated rings. The second kappa shape index (κ2) is 7.88. The second-order valence-electron chi connectivity index (χ2n) is 6.19. The molecule has 1 heterocycles. The van der Waals surface area contributed by atoms with E-state index in [1.807, 2.05) is 24.3 Å². The van der Waals surface area contributed by atoms with E-state index in [1.165, 1.54) is 11.1 Å². The molecule has 0 radical (unpaired) electrons. The van der Waals surface area contributed by atoms with Crippen molar-refractivity contribution in [3.8, 4) is 11.5 Å². The lowest BCUT2D eigenvalue weighted by molar-refractivity contribution is 0.414. The van der Waals surface area contributed by atoms with Crippen molar-refractivity contribution < 1.29 is 4.52 Å². The van der Waals surface area contributed by atoms with E-state index < -0.39 is 0 Å². The highest BCUT2D eigenvalue weighted by molar-refractivity contribution is 5.53. The highest BCUT2D eigenvalue weighted by Crippen LogP contribution is 2.18. The monoisotopic (exact) mass is 321 g/mol.